The van der Waals surface area contributed by atoms with E-state index in [0.29, 0.717) is 0 Å². The number of ether oxygens (including phenoxy) is 1. The predicted octanol–water partition coefficient (Wildman–Crippen LogP) is 2.38. The molecule has 2 rings (SSSR count). The van der Waals surface area contributed by atoms with E-state index in [1.807, 2.05) is 0 Å². The molecule has 2 nitrogen and oxygen atoms in total. The molecular weight excluding hydrogens is 174 g/mol. The summed E-state index contributed by atoms with van der Waals surface area (Å²) in [6.07, 6.45) is 11.1. The zero-order chi connectivity index (χ0) is 9.86. The zero-order valence-corrected chi connectivity index (χ0v) is 8.88. The van der Waals surface area contributed by atoms with Gasteiger partial charge in [-0.2, -0.15) is 0 Å². The summed E-state index contributed by atoms with van der Waals surface area (Å²) >= 11 is 0. The van der Waals surface area contributed by atoms with Crippen LogP contribution in [0.2, 0.25) is 0 Å². The van der Waals surface area contributed by atoms with E-state index in [2.05, 4.69) is 30.5 Å². The lowest BCUT2D eigenvalue weighted by Crippen LogP contribution is -2.45. The monoisotopic (exact) mass is 193 g/mol. The van der Waals surface area contributed by atoms with Crippen LogP contribution in [0.5, 0.6) is 0 Å². The minimum Gasteiger partial charge on any atom is -0.487 e. The Bertz CT molecular complexity index is 249. The first-order chi connectivity index (χ1) is 6.79. The van der Waals surface area contributed by atoms with Crippen LogP contribution in [0.4, 0.5) is 0 Å². The molecule has 1 N–H and O–H groups in total. The van der Waals surface area contributed by atoms with Crippen molar-refractivity contribution in [3.8, 4) is 0 Å². The van der Waals surface area contributed by atoms with Crippen LogP contribution in [0, 0.1) is 0 Å². The van der Waals surface area contributed by atoms with Gasteiger partial charge in [-0.3, -0.25) is 0 Å². The van der Waals surface area contributed by atoms with Gasteiger partial charge in [0.1, 0.15) is 11.4 Å². The molecule has 1 heterocycles. The lowest BCUT2D eigenvalue weighted by Gasteiger charge is -2.35. The SMILES string of the molecule is C[C@]1(OC2=CCCC=C2)CCCNC1. The highest BCUT2D eigenvalue weighted by Gasteiger charge is 2.28. The van der Waals surface area contributed by atoms with E-state index >= 15 is 0 Å². The molecule has 0 radical (unpaired) electrons. The second-order valence-electron chi connectivity index (χ2n) is 4.42. The van der Waals surface area contributed by atoms with Crippen molar-refractivity contribution in [1.29, 1.82) is 0 Å². The summed E-state index contributed by atoms with van der Waals surface area (Å²) < 4.78 is 6.03. The highest BCUT2D eigenvalue weighted by molar-refractivity contribution is 5.17. The van der Waals surface area contributed by atoms with Crippen molar-refractivity contribution < 1.29 is 4.74 Å². The molecule has 0 amide bonds. The quantitative estimate of drug-likeness (QED) is 0.727. The minimum absolute atomic E-state index is 0.00572. The van der Waals surface area contributed by atoms with Crippen LogP contribution in [0.25, 0.3) is 0 Å². The third-order valence-corrected chi connectivity index (χ3v) is 2.88. The lowest BCUT2D eigenvalue weighted by atomic mass is 9.96. The van der Waals surface area contributed by atoms with Crippen molar-refractivity contribution in [2.75, 3.05) is 13.1 Å². The van der Waals surface area contributed by atoms with E-state index in [1.54, 1.807) is 0 Å². The molecule has 1 saturated heterocycles. The van der Waals surface area contributed by atoms with E-state index in [4.69, 9.17) is 4.74 Å². The Hall–Kier alpha value is -0.760. The van der Waals surface area contributed by atoms with E-state index < -0.39 is 0 Å². The van der Waals surface area contributed by atoms with Gasteiger partial charge in [0.15, 0.2) is 0 Å². The molecule has 1 aliphatic carbocycles. The van der Waals surface area contributed by atoms with Crippen molar-refractivity contribution in [2.24, 2.45) is 0 Å². The van der Waals surface area contributed by atoms with Gasteiger partial charge in [-0.05, 0) is 51.3 Å². The largest absolute Gasteiger partial charge is 0.487 e. The summed E-state index contributed by atoms with van der Waals surface area (Å²) in [5.74, 6) is 1.06. The van der Waals surface area contributed by atoms with Crippen LogP contribution in [0.3, 0.4) is 0 Å². The molecule has 78 valence electrons. The molecular formula is C12H19NO. The average Bonchev–Trinajstić information content (AvgIpc) is 2.19. The number of nitrogens with one attached hydrogen (secondary N) is 1. The summed E-state index contributed by atoms with van der Waals surface area (Å²) in [6, 6.07) is 0. The molecule has 0 saturated carbocycles. The first-order valence-corrected chi connectivity index (χ1v) is 5.55. The van der Waals surface area contributed by atoms with Crippen molar-refractivity contribution in [1.82, 2.24) is 5.32 Å². The Kier molecular flexibility index (Phi) is 2.92. The van der Waals surface area contributed by atoms with Gasteiger partial charge in [0.05, 0.1) is 0 Å². The van der Waals surface area contributed by atoms with Crippen LogP contribution in [0.15, 0.2) is 24.0 Å². The van der Waals surface area contributed by atoms with Gasteiger partial charge in [0.2, 0.25) is 0 Å². The Morgan fingerprint density at radius 2 is 2.36 bits per heavy atom. The highest BCUT2D eigenvalue weighted by Crippen LogP contribution is 2.25. The Labute approximate surface area is 86.0 Å². The maximum atomic E-state index is 6.03. The van der Waals surface area contributed by atoms with Crippen LogP contribution in [-0.2, 0) is 4.74 Å². The molecule has 0 aromatic rings. The van der Waals surface area contributed by atoms with Gasteiger partial charge < -0.3 is 10.1 Å². The fraction of sp³-hybridized carbons (Fsp3) is 0.667. The van der Waals surface area contributed by atoms with Gasteiger partial charge in [-0.25, -0.2) is 0 Å². The number of hydrogen-bond donors (Lipinski definition) is 1. The minimum atomic E-state index is 0.00572. The fourth-order valence-corrected chi connectivity index (χ4v) is 2.07. The zero-order valence-electron chi connectivity index (χ0n) is 8.88. The first-order valence-electron chi connectivity index (χ1n) is 5.55. The second kappa shape index (κ2) is 4.18. The summed E-state index contributed by atoms with van der Waals surface area (Å²) in [6.45, 7) is 4.30. The summed E-state index contributed by atoms with van der Waals surface area (Å²) in [7, 11) is 0. The highest BCUT2D eigenvalue weighted by atomic mass is 16.5. The normalized spacial score (nSPS) is 32.5. The smallest absolute Gasteiger partial charge is 0.119 e. The molecule has 2 aliphatic rings. The van der Waals surface area contributed by atoms with Crippen LogP contribution in [-0.4, -0.2) is 18.7 Å². The number of rotatable bonds is 2. The fourth-order valence-electron chi connectivity index (χ4n) is 2.07. The molecule has 2 heteroatoms. The third-order valence-electron chi connectivity index (χ3n) is 2.88. The van der Waals surface area contributed by atoms with E-state index in [1.165, 1.54) is 6.42 Å². The maximum Gasteiger partial charge on any atom is 0.119 e. The number of hydrogen-bond acceptors (Lipinski definition) is 2. The first kappa shape index (κ1) is 9.78. The Balaban J connectivity index is 1.94. The lowest BCUT2D eigenvalue weighted by molar-refractivity contribution is 0.00369. The molecule has 14 heavy (non-hydrogen) atoms. The average molecular weight is 193 g/mol. The van der Waals surface area contributed by atoms with Gasteiger partial charge in [0.25, 0.3) is 0 Å². The van der Waals surface area contributed by atoms with E-state index in [-0.39, 0.29) is 5.60 Å². The van der Waals surface area contributed by atoms with Crippen molar-refractivity contribution in [3.05, 3.63) is 24.0 Å². The summed E-state index contributed by atoms with van der Waals surface area (Å²) in [4.78, 5) is 0. The van der Waals surface area contributed by atoms with Gasteiger partial charge >= 0.3 is 0 Å². The molecule has 0 aromatic carbocycles. The number of allylic oxidation sites excluding steroid dienone is 3. The van der Waals surface area contributed by atoms with Gasteiger partial charge in [0, 0.05) is 6.54 Å². The van der Waals surface area contributed by atoms with Gasteiger partial charge in [-0.15, -0.1) is 0 Å². The van der Waals surface area contributed by atoms with Crippen molar-refractivity contribution in [2.45, 2.75) is 38.2 Å². The molecule has 0 bridgehead atoms. The van der Waals surface area contributed by atoms with Gasteiger partial charge in [-0.1, -0.05) is 6.08 Å². The Morgan fingerprint density at radius 3 is 3.00 bits per heavy atom. The third kappa shape index (κ3) is 2.38. The molecule has 0 spiro atoms. The van der Waals surface area contributed by atoms with Crippen LogP contribution in [0.1, 0.15) is 32.6 Å². The topological polar surface area (TPSA) is 21.3 Å². The van der Waals surface area contributed by atoms with Crippen LogP contribution < -0.4 is 5.32 Å². The number of piperidine rings is 1. The molecule has 1 atom stereocenters. The second-order valence-corrected chi connectivity index (χ2v) is 4.42. The maximum absolute atomic E-state index is 6.03. The summed E-state index contributed by atoms with van der Waals surface area (Å²) in [5, 5.41) is 3.39. The van der Waals surface area contributed by atoms with E-state index in [0.717, 1.165) is 38.1 Å². The molecule has 1 aliphatic heterocycles. The van der Waals surface area contributed by atoms with Crippen molar-refractivity contribution in [3.63, 3.8) is 0 Å². The molecule has 1 fully saturated rings. The van der Waals surface area contributed by atoms with Crippen molar-refractivity contribution >= 4 is 0 Å². The molecule has 0 aromatic heterocycles. The van der Waals surface area contributed by atoms with Crippen LogP contribution >= 0.6 is 0 Å². The predicted molar refractivity (Wildman–Crippen MR) is 58.1 cm³/mol. The standard InChI is InChI=1S/C12H19NO/c1-12(8-5-9-13-10-12)14-11-6-3-2-4-7-11/h3,6-7,13H,2,4-5,8-10H2,1H3/t12-/m0/s1. The summed E-state index contributed by atoms with van der Waals surface area (Å²) in [5.41, 5.74) is 0.00572. The Morgan fingerprint density at radius 1 is 1.43 bits per heavy atom. The molecule has 0 unspecified atom stereocenters. The van der Waals surface area contributed by atoms with E-state index in [9.17, 15) is 0 Å².